The summed E-state index contributed by atoms with van der Waals surface area (Å²) >= 11 is 5.75. The summed E-state index contributed by atoms with van der Waals surface area (Å²) in [5.74, 6) is -3.89. The first kappa shape index (κ1) is 26.8. The van der Waals surface area contributed by atoms with Gasteiger partial charge in [0, 0.05) is 35.2 Å². The molecule has 3 atom stereocenters. The fourth-order valence-electron chi connectivity index (χ4n) is 4.24. The van der Waals surface area contributed by atoms with Gasteiger partial charge in [-0.3, -0.25) is 24.0 Å². The van der Waals surface area contributed by atoms with Crippen LogP contribution in [0.15, 0.2) is 24.3 Å². The minimum absolute atomic E-state index is 0.00562. The highest BCUT2D eigenvalue weighted by molar-refractivity contribution is 6.38. The van der Waals surface area contributed by atoms with Gasteiger partial charge in [0.2, 0.25) is 23.5 Å². The molecule has 0 aromatic heterocycles. The number of nitrogens with one attached hydrogen (secondary N) is 4. The predicted molar refractivity (Wildman–Crippen MR) is 134 cm³/mol. The summed E-state index contributed by atoms with van der Waals surface area (Å²) in [6.45, 7) is 0.466. The number of hydrogen-bond acceptors (Lipinski definition) is 5. The number of hydrogen-bond donors (Lipinski definition) is 4. The molecule has 2 aliphatic carbocycles. The Labute approximate surface area is 218 Å². The number of carbonyl (C=O) groups excluding carboxylic acids is 5. The third kappa shape index (κ3) is 7.85. The minimum Gasteiger partial charge on any atom is -0.356 e. The molecular formula is C26H30ClFN4O5. The Bertz CT molecular complexity index is 1120. The lowest BCUT2D eigenvalue weighted by Gasteiger charge is -2.23. The van der Waals surface area contributed by atoms with E-state index >= 15 is 0 Å². The molecule has 4 N–H and O–H groups in total. The van der Waals surface area contributed by atoms with Crippen LogP contribution in [-0.2, 0) is 24.0 Å². The zero-order valence-electron chi connectivity index (χ0n) is 20.2. The van der Waals surface area contributed by atoms with Crippen LogP contribution in [0.5, 0.6) is 0 Å². The molecule has 9 nitrogen and oxygen atoms in total. The van der Waals surface area contributed by atoms with Crippen molar-refractivity contribution < 1.29 is 28.4 Å². The van der Waals surface area contributed by atoms with Crippen molar-refractivity contribution in [3.8, 4) is 0 Å². The molecular weight excluding hydrogens is 503 g/mol. The molecule has 4 amide bonds. The normalized spacial score (nSPS) is 20.7. The smallest absolute Gasteiger partial charge is 0.289 e. The number of rotatable bonds is 12. The average molecular weight is 533 g/mol. The summed E-state index contributed by atoms with van der Waals surface area (Å²) in [5.41, 5.74) is 0.157. The Morgan fingerprint density at radius 1 is 1.05 bits per heavy atom. The van der Waals surface area contributed by atoms with E-state index in [1.807, 2.05) is 0 Å². The monoisotopic (exact) mass is 532 g/mol. The maximum Gasteiger partial charge on any atom is 0.289 e. The highest BCUT2D eigenvalue weighted by Gasteiger charge is 2.38. The van der Waals surface area contributed by atoms with Crippen LogP contribution in [0, 0.1) is 17.7 Å². The van der Waals surface area contributed by atoms with E-state index in [1.165, 1.54) is 18.2 Å². The third-order valence-electron chi connectivity index (χ3n) is 6.73. The van der Waals surface area contributed by atoms with Crippen molar-refractivity contribution in [1.82, 2.24) is 21.3 Å². The van der Waals surface area contributed by atoms with Gasteiger partial charge in [-0.15, -0.1) is 0 Å². The maximum atomic E-state index is 14.0. The number of benzene rings is 1. The summed E-state index contributed by atoms with van der Waals surface area (Å²) in [7, 11) is 0. The van der Waals surface area contributed by atoms with E-state index in [0.717, 1.165) is 37.8 Å². The summed E-state index contributed by atoms with van der Waals surface area (Å²) in [6.07, 6.45) is 6.67. The lowest BCUT2D eigenvalue weighted by Crippen LogP contribution is -2.54. The van der Waals surface area contributed by atoms with Crippen molar-refractivity contribution in [2.45, 2.75) is 63.1 Å². The van der Waals surface area contributed by atoms with Crippen molar-refractivity contribution in [2.75, 3.05) is 6.54 Å². The van der Waals surface area contributed by atoms with E-state index in [1.54, 1.807) is 0 Å². The topological polar surface area (TPSA) is 133 Å². The summed E-state index contributed by atoms with van der Waals surface area (Å²) in [4.78, 5) is 63.3. The van der Waals surface area contributed by atoms with Gasteiger partial charge in [0.15, 0.2) is 0 Å². The van der Waals surface area contributed by atoms with E-state index < -0.39 is 47.3 Å². The van der Waals surface area contributed by atoms with Crippen molar-refractivity contribution in [2.24, 2.45) is 11.8 Å². The SMILES string of the molecule is O=C(/C=C/c1ccc(Cl)cc1F)NC(CC1CC1)C(=O)NC(CC1CCNC1=O)C(=O)C(=O)NC1CC1. The van der Waals surface area contributed by atoms with Crippen LogP contribution < -0.4 is 21.3 Å². The van der Waals surface area contributed by atoms with E-state index in [-0.39, 0.29) is 34.9 Å². The Kier molecular flexibility index (Phi) is 8.58. The standard InChI is InChI=1S/C26H30ClFN4O5/c27-17-5-3-15(19(28)13-17)4-8-22(33)31-21(11-14-1-2-14)25(36)32-20(12-16-9-10-29-24(16)35)23(34)26(37)30-18-6-7-18/h3-5,8,13-14,16,18,20-21H,1-2,6-7,9-12H2,(H,29,35)(H,30,37)(H,31,33)(H,32,36)/b8-4+. The second-order valence-electron chi connectivity index (χ2n) is 9.92. The van der Waals surface area contributed by atoms with E-state index in [4.69, 9.17) is 11.6 Å². The third-order valence-corrected chi connectivity index (χ3v) is 6.96. The first-order chi connectivity index (χ1) is 17.7. The van der Waals surface area contributed by atoms with E-state index in [0.29, 0.717) is 19.4 Å². The lowest BCUT2D eigenvalue weighted by atomic mass is 9.95. The van der Waals surface area contributed by atoms with Gasteiger partial charge in [0.1, 0.15) is 11.9 Å². The predicted octanol–water partition coefficient (Wildman–Crippen LogP) is 1.64. The number of Topliss-reactive ketones (excluding diaryl/α,β-unsaturated/α-hetero) is 1. The number of carbonyl (C=O) groups is 5. The summed E-state index contributed by atoms with van der Waals surface area (Å²) in [6, 6.07) is 1.85. The highest BCUT2D eigenvalue weighted by atomic mass is 35.5. The zero-order chi connectivity index (χ0) is 26.5. The molecule has 1 aromatic rings. The molecule has 198 valence electrons. The molecule has 3 fully saturated rings. The second-order valence-corrected chi connectivity index (χ2v) is 10.4. The van der Waals surface area contributed by atoms with Crippen molar-refractivity contribution in [3.05, 3.63) is 40.7 Å². The molecule has 37 heavy (non-hydrogen) atoms. The molecule has 3 aliphatic rings. The Morgan fingerprint density at radius 3 is 2.43 bits per heavy atom. The lowest BCUT2D eigenvalue weighted by molar-refractivity contribution is -0.141. The van der Waals surface area contributed by atoms with Gasteiger partial charge < -0.3 is 21.3 Å². The van der Waals surface area contributed by atoms with Gasteiger partial charge >= 0.3 is 0 Å². The van der Waals surface area contributed by atoms with Crippen molar-refractivity contribution in [1.29, 1.82) is 0 Å². The van der Waals surface area contributed by atoms with Crippen LogP contribution in [0.4, 0.5) is 4.39 Å². The molecule has 1 saturated heterocycles. The van der Waals surface area contributed by atoms with Crippen molar-refractivity contribution in [3.63, 3.8) is 0 Å². The highest BCUT2D eigenvalue weighted by Crippen LogP contribution is 2.33. The number of halogens is 2. The zero-order valence-corrected chi connectivity index (χ0v) is 21.0. The quantitative estimate of drug-likeness (QED) is 0.240. The second kappa shape index (κ2) is 11.9. The van der Waals surface area contributed by atoms with Gasteiger partial charge in [-0.1, -0.05) is 30.5 Å². The Balaban J connectivity index is 1.43. The summed E-state index contributed by atoms with van der Waals surface area (Å²) in [5, 5.41) is 10.8. The van der Waals surface area contributed by atoms with Crippen LogP contribution in [0.25, 0.3) is 6.08 Å². The van der Waals surface area contributed by atoms with Crippen LogP contribution >= 0.6 is 11.6 Å². The van der Waals surface area contributed by atoms with Crippen LogP contribution in [0.2, 0.25) is 5.02 Å². The van der Waals surface area contributed by atoms with Gasteiger partial charge in [0.25, 0.3) is 5.91 Å². The Morgan fingerprint density at radius 2 is 1.81 bits per heavy atom. The molecule has 1 aliphatic heterocycles. The van der Waals surface area contributed by atoms with Gasteiger partial charge in [-0.25, -0.2) is 4.39 Å². The average Bonchev–Trinajstić information content (AvgIpc) is 3.78. The first-order valence-corrected chi connectivity index (χ1v) is 12.9. The molecule has 0 bridgehead atoms. The van der Waals surface area contributed by atoms with Crippen LogP contribution in [0.1, 0.15) is 50.5 Å². The van der Waals surface area contributed by atoms with Crippen LogP contribution in [-0.4, -0.2) is 54.1 Å². The largest absolute Gasteiger partial charge is 0.356 e. The molecule has 4 rings (SSSR count). The molecule has 3 unspecified atom stereocenters. The van der Waals surface area contributed by atoms with Crippen LogP contribution in [0.3, 0.4) is 0 Å². The fourth-order valence-corrected chi connectivity index (χ4v) is 4.40. The molecule has 0 spiro atoms. The number of amides is 4. The molecule has 2 saturated carbocycles. The molecule has 1 heterocycles. The van der Waals surface area contributed by atoms with Crippen molar-refractivity contribution >= 4 is 47.1 Å². The first-order valence-electron chi connectivity index (χ1n) is 12.6. The Hall–Kier alpha value is -3.27. The molecule has 11 heteroatoms. The minimum atomic E-state index is -1.20. The maximum absolute atomic E-state index is 14.0. The fraction of sp³-hybridized carbons (Fsp3) is 0.500. The molecule has 1 aromatic carbocycles. The van der Waals surface area contributed by atoms with Gasteiger partial charge in [0.05, 0.1) is 6.04 Å². The number of ketones is 1. The van der Waals surface area contributed by atoms with E-state index in [2.05, 4.69) is 21.3 Å². The van der Waals surface area contributed by atoms with Gasteiger partial charge in [-0.05, 0) is 56.2 Å². The summed E-state index contributed by atoms with van der Waals surface area (Å²) < 4.78 is 14.0. The van der Waals surface area contributed by atoms with Gasteiger partial charge in [-0.2, -0.15) is 0 Å². The molecule has 0 radical (unpaired) electrons. The van der Waals surface area contributed by atoms with E-state index in [9.17, 15) is 28.4 Å².